The van der Waals surface area contributed by atoms with Crippen LogP contribution in [0.2, 0.25) is 0 Å². The number of piperazine rings is 1. The summed E-state index contributed by atoms with van der Waals surface area (Å²) in [5, 5.41) is 3.73. The maximum absolute atomic E-state index is 12.7. The van der Waals surface area contributed by atoms with Crippen LogP contribution in [0.15, 0.2) is 66.0 Å². The number of aromatic nitrogens is 3. The fourth-order valence-electron chi connectivity index (χ4n) is 4.55. The largest absolute Gasteiger partial charge is 0.397 e. The van der Waals surface area contributed by atoms with Crippen LogP contribution in [0.25, 0.3) is 10.9 Å². The smallest absolute Gasteiger partial charge is 0.251 e. The fourth-order valence-corrected chi connectivity index (χ4v) is 5.54. The maximum atomic E-state index is 12.7. The van der Waals surface area contributed by atoms with Gasteiger partial charge in [-0.3, -0.25) is 14.8 Å². The van der Waals surface area contributed by atoms with Crippen molar-refractivity contribution in [1.29, 1.82) is 0 Å². The molecule has 1 amide bonds. The van der Waals surface area contributed by atoms with Crippen LogP contribution in [0.1, 0.15) is 21.6 Å². The zero-order chi connectivity index (χ0) is 26.9. The number of nitrogen functional groups attached to an aromatic ring is 1. The lowest BCUT2D eigenvalue weighted by atomic mass is 10.1. The van der Waals surface area contributed by atoms with Gasteiger partial charge in [-0.05, 0) is 48.9 Å². The molecule has 0 bridgehead atoms. The molecule has 196 valence electrons. The van der Waals surface area contributed by atoms with Crippen molar-refractivity contribution in [2.75, 3.05) is 48.0 Å². The number of nitrogens with zero attached hydrogens (tertiary/aromatic N) is 5. The molecule has 0 spiro atoms. The van der Waals surface area contributed by atoms with Crippen LogP contribution in [-0.2, 0) is 16.4 Å². The van der Waals surface area contributed by atoms with Crippen LogP contribution in [0, 0.1) is 6.92 Å². The Bertz CT molecular complexity index is 1620. The highest BCUT2D eigenvalue weighted by molar-refractivity contribution is 7.90. The summed E-state index contributed by atoms with van der Waals surface area (Å²) >= 11 is 0. The number of sulfone groups is 1. The highest BCUT2D eigenvalue weighted by atomic mass is 32.2. The third-order valence-electron chi connectivity index (χ3n) is 6.61. The predicted molar refractivity (Wildman–Crippen MR) is 148 cm³/mol. The van der Waals surface area contributed by atoms with E-state index in [0.29, 0.717) is 16.9 Å². The Morgan fingerprint density at radius 1 is 1.00 bits per heavy atom. The summed E-state index contributed by atoms with van der Waals surface area (Å²) < 4.78 is 24.0. The van der Waals surface area contributed by atoms with Gasteiger partial charge in [0, 0.05) is 55.8 Å². The molecule has 3 N–H and O–H groups in total. The average Bonchev–Trinajstić information content (AvgIpc) is 2.91. The number of aryl methyl sites for hydroxylation is 1. The Labute approximate surface area is 221 Å². The molecule has 1 aromatic carbocycles. The Kier molecular flexibility index (Phi) is 6.85. The minimum atomic E-state index is -3.43. The summed E-state index contributed by atoms with van der Waals surface area (Å²) in [6.45, 7) is 5.18. The molecule has 0 radical (unpaired) electrons. The average molecular weight is 532 g/mol. The van der Waals surface area contributed by atoms with E-state index in [4.69, 9.17) is 10.7 Å². The van der Waals surface area contributed by atoms with Gasteiger partial charge >= 0.3 is 0 Å². The minimum absolute atomic E-state index is 0.149. The van der Waals surface area contributed by atoms with E-state index < -0.39 is 9.84 Å². The number of carbonyl (C=O) groups is 1. The molecule has 11 heteroatoms. The van der Waals surface area contributed by atoms with Crippen LogP contribution in [0.3, 0.4) is 0 Å². The molecule has 5 rings (SSSR count). The zero-order valence-electron chi connectivity index (χ0n) is 21.3. The van der Waals surface area contributed by atoms with Crippen molar-refractivity contribution in [3.63, 3.8) is 0 Å². The van der Waals surface area contributed by atoms with E-state index in [1.165, 1.54) is 6.07 Å². The monoisotopic (exact) mass is 531 g/mol. The van der Waals surface area contributed by atoms with Crippen molar-refractivity contribution in [2.24, 2.45) is 0 Å². The van der Waals surface area contributed by atoms with E-state index in [-0.39, 0.29) is 22.9 Å². The number of amides is 1. The lowest BCUT2D eigenvalue weighted by molar-refractivity contribution is 0.0950. The Hall–Kier alpha value is -4.25. The number of carbonyl (C=O) groups excluding carboxylic acids is 1. The lowest BCUT2D eigenvalue weighted by Crippen LogP contribution is -2.46. The molecule has 38 heavy (non-hydrogen) atoms. The summed E-state index contributed by atoms with van der Waals surface area (Å²) in [5.74, 6) is 0.517. The van der Waals surface area contributed by atoms with Gasteiger partial charge in [0.1, 0.15) is 5.82 Å². The fraction of sp³-hybridized carbons (Fsp3) is 0.259. The lowest BCUT2D eigenvalue weighted by Gasteiger charge is -2.36. The van der Waals surface area contributed by atoms with Gasteiger partial charge in [-0.15, -0.1) is 0 Å². The molecule has 0 atom stereocenters. The molecular formula is C27H29N7O3S. The zero-order valence-corrected chi connectivity index (χ0v) is 22.1. The highest BCUT2D eigenvalue weighted by Gasteiger charge is 2.19. The van der Waals surface area contributed by atoms with Gasteiger partial charge in [-0.2, -0.15) is 0 Å². The number of hydrogen-bond acceptors (Lipinski definition) is 9. The first-order valence-corrected chi connectivity index (χ1v) is 14.1. The molecule has 10 nitrogen and oxygen atoms in total. The molecule has 3 aromatic heterocycles. The highest BCUT2D eigenvalue weighted by Crippen LogP contribution is 2.23. The van der Waals surface area contributed by atoms with Gasteiger partial charge in [0.25, 0.3) is 5.91 Å². The maximum Gasteiger partial charge on any atom is 0.251 e. The molecule has 0 unspecified atom stereocenters. The quantitative estimate of drug-likeness (QED) is 0.385. The molecule has 4 heterocycles. The number of rotatable bonds is 6. The van der Waals surface area contributed by atoms with Crippen molar-refractivity contribution in [1.82, 2.24) is 20.3 Å². The number of benzene rings is 1. The van der Waals surface area contributed by atoms with Gasteiger partial charge in [0.05, 0.1) is 40.2 Å². The van der Waals surface area contributed by atoms with Crippen molar-refractivity contribution in [3.8, 4) is 0 Å². The first-order valence-electron chi connectivity index (χ1n) is 12.2. The number of pyridine rings is 3. The molecule has 1 fully saturated rings. The third kappa shape index (κ3) is 5.52. The van der Waals surface area contributed by atoms with Crippen LogP contribution < -0.4 is 20.9 Å². The van der Waals surface area contributed by atoms with Crippen LogP contribution in [0.4, 0.5) is 17.2 Å². The Morgan fingerprint density at radius 2 is 1.76 bits per heavy atom. The summed E-state index contributed by atoms with van der Waals surface area (Å²) in [6.07, 6.45) is 6.35. The second kappa shape index (κ2) is 10.3. The number of fused-ring (bicyclic) bond motifs is 1. The van der Waals surface area contributed by atoms with E-state index in [1.54, 1.807) is 31.5 Å². The topological polar surface area (TPSA) is 134 Å². The Balaban J connectivity index is 1.26. The molecule has 1 aliphatic rings. The molecule has 1 saturated heterocycles. The van der Waals surface area contributed by atoms with Gasteiger partial charge in [0.15, 0.2) is 9.84 Å². The van der Waals surface area contributed by atoms with Crippen molar-refractivity contribution in [3.05, 3.63) is 77.9 Å². The van der Waals surface area contributed by atoms with Crippen LogP contribution in [0.5, 0.6) is 0 Å². The molecular weight excluding hydrogens is 502 g/mol. The third-order valence-corrected chi connectivity index (χ3v) is 7.85. The molecule has 0 aliphatic carbocycles. The second-order valence-electron chi connectivity index (χ2n) is 9.42. The van der Waals surface area contributed by atoms with Crippen LogP contribution >= 0.6 is 0 Å². The first-order chi connectivity index (χ1) is 18.2. The minimum Gasteiger partial charge on any atom is -0.397 e. The number of anilines is 3. The first kappa shape index (κ1) is 25.4. The SMILES string of the molecule is Cc1ccc(C(=O)NCc2cc3nc(N4CCN(c5cncc(N)c5)CC4)ccc3cn2)cc1S(C)(=O)=O. The van der Waals surface area contributed by atoms with E-state index in [1.807, 2.05) is 30.5 Å². The predicted octanol–water partition coefficient (Wildman–Crippen LogP) is 2.58. The van der Waals surface area contributed by atoms with Gasteiger partial charge in [-0.1, -0.05) is 6.07 Å². The van der Waals surface area contributed by atoms with Crippen LogP contribution in [-0.4, -0.2) is 61.7 Å². The van der Waals surface area contributed by atoms with E-state index in [9.17, 15) is 13.2 Å². The summed E-state index contributed by atoms with van der Waals surface area (Å²) in [6, 6.07) is 12.5. The molecule has 4 aromatic rings. The standard InChI is InChI=1S/C27H29N7O3S/c1-18-3-4-19(11-25(18)38(2,36)37)27(35)31-16-22-13-24-20(14-30-22)5-6-26(32-24)34-9-7-33(8-10-34)23-12-21(28)15-29-17-23/h3-6,11-15,17H,7-10,16,28H2,1-2H3,(H,31,35). The number of hydrogen-bond donors (Lipinski definition) is 2. The Morgan fingerprint density at radius 3 is 2.50 bits per heavy atom. The van der Waals surface area contributed by atoms with Gasteiger partial charge in [0.2, 0.25) is 0 Å². The number of nitrogens with two attached hydrogens (primary N) is 1. The van der Waals surface area contributed by atoms with E-state index in [0.717, 1.165) is 54.8 Å². The van der Waals surface area contributed by atoms with Crippen molar-refractivity contribution in [2.45, 2.75) is 18.4 Å². The summed E-state index contributed by atoms with van der Waals surface area (Å²) in [4.78, 5) is 30.9. The number of nitrogens with one attached hydrogen (secondary N) is 1. The molecule has 0 saturated carbocycles. The van der Waals surface area contributed by atoms with Crippen molar-refractivity contribution >= 4 is 43.8 Å². The van der Waals surface area contributed by atoms with Crippen molar-refractivity contribution < 1.29 is 13.2 Å². The summed E-state index contributed by atoms with van der Waals surface area (Å²) in [5.41, 5.74) is 9.89. The second-order valence-corrected chi connectivity index (χ2v) is 11.4. The molecule has 1 aliphatic heterocycles. The van der Waals surface area contributed by atoms with E-state index >= 15 is 0 Å². The summed E-state index contributed by atoms with van der Waals surface area (Å²) in [7, 11) is -3.43. The van der Waals surface area contributed by atoms with Gasteiger partial charge in [-0.25, -0.2) is 13.4 Å². The van der Waals surface area contributed by atoms with E-state index in [2.05, 4.69) is 25.1 Å². The van der Waals surface area contributed by atoms with Gasteiger partial charge < -0.3 is 20.9 Å². The normalized spacial score (nSPS) is 14.1.